The van der Waals surface area contributed by atoms with E-state index in [1.807, 2.05) is 0 Å². The first-order valence-electron chi connectivity index (χ1n) is 4.85. The van der Waals surface area contributed by atoms with Crippen LogP contribution in [0.4, 0.5) is 0 Å². The second-order valence-electron chi connectivity index (χ2n) is 3.11. The van der Waals surface area contributed by atoms with Crippen molar-refractivity contribution < 1.29 is 18.4 Å². The monoisotopic (exact) mass is 222 g/mol. The zero-order valence-electron chi connectivity index (χ0n) is 9.23. The van der Waals surface area contributed by atoms with Gasteiger partial charge in [-0.05, 0) is 13.8 Å². The summed E-state index contributed by atoms with van der Waals surface area (Å²) in [6, 6.07) is 0. The van der Waals surface area contributed by atoms with Crippen molar-refractivity contribution in [3.63, 3.8) is 0 Å². The second kappa shape index (κ2) is 6.33. The maximum Gasteiger partial charge on any atom is 0.334 e. The molecule has 84 valence electrons. The lowest BCUT2D eigenvalue weighted by atomic mass is 10.1. The zero-order valence-corrected chi connectivity index (χ0v) is 10.1. The van der Waals surface area contributed by atoms with Gasteiger partial charge in [0, 0.05) is 5.92 Å². The van der Waals surface area contributed by atoms with Gasteiger partial charge in [-0.2, -0.15) is 0 Å². The molecule has 0 aromatic rings. The molecule has 0 aromatic carbocycles. The van der Waals surface area contributed by atoms with E-state index in [1.165, 1.54) is 0 Å². The Bertz CT molecular complexity index is 207. The van der Waals surface area contributed by atoms with E-state index >= 15 is 0 Å². The zero-order chi connectivity index (χ0) is 11.2. The van der Waals surface area contributed by atoms with E-state index in [1.54, 1.807) is 27.7 Å². The van der Waals surface area contributed by atoms with Crippen molar-refractivity contribution in [3.8, 4) is 0 Å². The van der Waals surface area contributed by atoms with E-state index in [0.29, 0.717) is 13.2 Å². The van der Waals surface area contributed by atoms with E-state index in [0.717, 1.165) is 6.29 Å². The molecule has 0 saturated heterocycles. The first-order chi connectivity index (χ1) is 6.51. The number of hydrogen-bond acceptors (Lipinski definition) is 4. The van der Waals surface area contributed by atoms with Gasteiger partial charge in [-0.1, -0.05) is 13.8 Å². The van der Waals surface area contributed by atoms with Gasteiger partial charge in [0.1, 0.15) is 6.29 Å². The highest BCUT2D eigenvalue weighted by Gasteiger charge is 2.35. The van der Waals surface area contributed by atoms with E-state index in [4.69, 9.17) is 9.05 Å². The van der Waals surface area contributed by atoms with Gasteiger partial charge >= 0.3 is 7.60 Å². The third kappa shape index (κ3) is 3.52. The Hall–Kier alpha value is -0.180. The van der Waals surface area contributed by atoms with Crippen LogP contribution in [0.3, 0.4) is 0 Å². The van der Waals surface area contributed by atoms with Gasteiger partial charge in [0.05, 0.1) is 18.9 Å². The lowest BCUT2D eigenvalue weighted by Crippen LogP contribution is -2.19. The summed E-state index contributed by atoms with van der Waals surface area (Å²) in [5.74, 6) is -0.320. The Morgan fingerprint density at radius 2 is 1.64 bits per heavy atom. The van der Waals surface area contributed by atoms with Crippen LogP contribution in [-0.4, -0.2) is 25.2 Å². The van der Waals surface area contributed by atoms with E-state index in [9.17, 15) is 9.36 Å². The van der Waals surface area contributed by atoms with Crippen molar-refractivity contribution in [1.29, 1.82) is 0 Å². The van der Waals surface area contributed by atoms with Crippen LogP contribution >= 0.6 is 7.60 Å². The van der Waals surface area contributed by atoms with Crippen molar-refractivity contribution in [2.75, 3.05) is 13.2 Å². The number of carbonyl (C=O) groups excluding carboxylic acids is 1. The van der Waals surface area contributed by atoms with Gasteiger partial charge in [-0.25, -0.2) is 0 Å². The minimum atomic E-state index is -3.11. The van der Waals surface area contributed by atoms with Crippen molar-refractivity contribution in [1.82, 2.24) is 0 Å². The van der Waals surface area contributed by atoms with Crippen LogP contribution in [0.25, 0.3) is 0 Å². The first kappa shape index (κ1) is 13.8. The first-order valence-corrected chi connectivity index (χ1v) is 6.47. The summed E-state index contributed by atoms with van der Waals surface area (Å²) in [6.45, 7) is 7.59. The standard InChI is InChI=1S/C9H19O4P/c1-5-12-14(11,13-6-2)9(4)8(3)7-10/h7-9H,5-6H2,1-4H3. The predicted octanol–water partition coefficient (Wildman–Crippen LogP) is 2.48. The summed E-state index contributed by atoms with van der Waals surface area (Å²) in [5.41, 5.74) is -0.389. The Kier molecular flexibility index (Phi) is 6.25. The molecular formula is C9H19O4P. The van der Waals surface area contributed by atoms with E-state index in [2.05, 4.69) is 0 Å². The van der Waals surface area contributed by atoms with Crippen LogP contribution in [0.2, 0.25) is 0 Å². The lowest BCUT2D eigenvalue weighted by Gasteiger charge is -2.25. The molecule has 0 fully saturated rings. The normalized spacial score (nSPS) is 16.3. The van der Waals surface area contributed by atoms with Crippen LogP contribution in [0.5, 0.6) is 0 Å². The molecule has 0 aliphatic carbocycles. The number of aldehydes is 1. The SMILES string of the molecule is CCOP(=O)(OCC)C(C)C(C)C=O. The summed E-state index contributed by atoms with van der Waals surface area (Å²) in [4.78, 5) is 10.6. The molecule has 0 spiro atoms. The molecule has 0 radical (unpaired) electrons. The quantitative estimate of drug-likeness (QED) is 0.490. The molecule has 0 rings (SSSR count). The molecule has 0 aromatic heterocycles. The lowest BCUT2D eigenvalue weighted by molar-refractivity contribution is -0.110. The van der Waals surface area contributed by atoms with Crippen molar-refractivity contribution in [2.45, 2.75) is 33.4 Å². The molecule has 0 heterocycles. The van der Waals surface area contributed by atoms with Crippen LogP contribution in [0.1, 0.15) is 27.7 Å². The van der Waals surface area contributed by atoms with Gasteiger partial charge in [0.25, 0.3) is 0 Å². The highest BCUT2D eigenvalue weighted by atomic mass is 31.2. The average molecular weight is 222 g/mol. The molecule has 0 amide bonds. The molecule has 2 atom stereocenters. The second-order valence-corrected chi connectivity index (χ2v) is 5.52. The molecule has 4 nitrogen and oxygen atoms in total. The van der Waals surface area contributed by atoms with E-state index < -0.39 is 7.60 Å². The highest BCUT2D eigenvalue weighted by molar-refractivity contribution is 7.54. The van der Waals surface area contributed by atoms with Gasteiger partial charge in [0.2, 0.25) is 0 Å². The smallest absolute Gasteiger partial charge is 0.309 e. The Labute approximate surface area is 85.5 Å². The van der Waals surface area contributed by atoms with Gasteiger partial charge in [-0.3, -0.25) is 4.57 Å². The average Bonchev–Trinajstić information content (AvgIpc) is 2.16. The molecule has 5 heteroatoms. The van der Waals surface area contributed by atoms with Crippen molar-refractivity contribution >= 4 is 13.9 Å². The maximum atomic E-state index is 12.1. The minimum Gasteiger partial charge on any atom is -0.309 e. The van der Waals surface area contributed by atoms with Crippen LogP contribution < -0.4 is 0 Å². The minimum absolute atomic E-state index is 0.320. The Morgan fingerprint density at radius 3 is 1.93 bits per heavy atom. The third-order valence-corrected chi connectivity index (χ3v) is 4.80. The molecule has 0 N–H and O–H groups in total. The fourth-order valence-electron chi connectivity index (χ4n) is 1.03. The third-order valence-electron chi connectivity index (χ3n) is 2.09. The van der Waals surface area contributed by atoms with Crippen molar-refractivity contribution in [2.24, 2.45) is 5.92 Å². The number of rotatable bonds is 7. The predicted molar refractivity (Wildman–Crippen MR) is 55.5 cm³/mol. The van der Waals surface area contributed by atoms with Crippen molar-refractivity contribution in [3.05, 3.63) is 0 Å². The maximum absolute atomic E-state index is 12.1. The molecule has 14 heavy (non-hydrogen) atoms. The fraction of sp³-hybridized carbons (Fsp3) is 0.889. The molecular weight excluding hydrogens is 203 g/mol. The number of carbonyl (C=O) groups is 1. The van der Waals surface area contributed by atoms with Crippen LogP contribution in [-0.2, 0) is 18.4 Å². The molecule has 2 unspecified atom stereocenters. The van der Waals surface area contributed by atoms with Gasteiger partial charge in [0.15, 0.2) is 0 Å². The van der Waals surface area contributed by atoms with Gasteiger partial charge < -0.3 is 13.8 Å². The topological polar surface area (TPSA) is 52.6 Å². The van der Waals surface area contributed by atoms with Crippen LogP contribution in [0.15, 0.2) is 0 Å². The molecule has 0 bridgehead atoms. The highest BCUT2D eigenvalue weighted by Crippen LogP contribution is 2.54. The molecule has 0 aliphatic heterocycles. The summed E-state index contributed by atoms with van der Waals surface area (Å²) < 4.78 is 22.4. The largest absolute Gasteiger partial charge is 0.334 e. The van der Waals surface area contributed by atoms with Crippen LogP contribution in [0, 0.1) is 5.92 Å². The summed E-state index contributed by atoms with van der Waals surface area (Å²) in [5, 5.41) is 0. The van der Waals surface area contributed by atoms with E-state index in [-0.39, 0.29) is 11.6 Å². The number of hydrogen-bond donors (Lipinski definition) is 0. The Morgan fingerprint density at radius 1 is 1.21 bits per heavy atom. The summed E-state index contributed by atoms with van der Waals surface area (Å²) in [6.07, 6.45) is 0.773. The summed E-state index contributed by atoms with van der Waals surface area (Å²) in [7, 11) is -3.11. The van der Waals surface area contributed by atoms with Gasteiger partial charge in [-0.15, -0.1) is 0 Å². The molecule has 0 aliphatic rings. The Balaban J connectivity index is 4.62. The summed E-state index contributed by atoms with van der Waals surface area (Å²) >= 11 is 0. The molecule has 0 saturated carbocycles. The fourth-order valence-corrected chi connectivity index (χ4v) is 2.94.